The summed E-state index contributed by atoms with van der Waals surface area (Å²) >= 11 is 0. The highest BCUT2D eigenvalue weighted by atomic mass is 32.2. The Balaban J connectivity index is 1.90. The summed E-state index contributed by atoms with van der Waals surface area (Å²) < 4.78 is 54.5. The van der Waals surface area contributed by atoms with E-state index in [-0.39, 0.29) is 27.8 Å². The van der Waals surface area contributed by atoms with Crippen molar-refractivity contribution in [2.24, 2.45) is 5.73 Å². The maximum Gasteiger partial charge on any atom is 0.387 e. The van der Waals surface area contributed by atoms with Crippen molar-refractivity contribution in [2.75, 3.05) is 6.26 Å². The van der Waals surface area contributed by atoms with Crippen LogP contribution in [0.5, 0.6) is 5.75 Å². The second kappa shape index (κ2) is 9.23. The summed E-state index contributed by atoms with van der Waals surface area (Å²) in [7, 11) is -3.83. The zero-order valence-corrected chi connectivity index (χ0v) is 18.0. The lowest BCUT2D eigenvalue weighted by Gasteiger charge is -2.15. The van der Waals surface area contributed by atoms with Crippen molar-refractivity contribution in [2.45, 2.75) is 24.5 Å². The van der Waals surface area contributed by atoms with Gasteiger partial charge in [-0.05, 0) is 25.1 Å². The van der Waals surface area contributed by atoms with Gasteiger partial charge in [0.2, 0.25) is 0 Å². The minimum Gasteiger partial charge on any atom is -0.435 e. The molecule has 2 aromatic heterocycles. The summed E-state index contributed by atoms with van der Waals surface area (Å²) in [6, 6.07) is 3.37. The Bertz CT molecular complexity index is 1310. The number of hydrogen-bond acceptors (Lipinski definition) is 9. The molecule has 3 aromatic rings. The smallest absolute Gasteiger partial charge is 0.387 e. The number of primary amides is 1. The molecule has 12 nitrogen and oxygen atoms in total. The van der Waals surface area contributed by atoms with Gasteiger partial charge in [-0.3, -0.25) is 9.59 Å². The molecule has 0 aliphatic heterocycles. The van der Waals surface area contributed by atoms with Crippen LogP contribution in [0.1, 0.15) is 39.6 Å². The molecule has 174 valence electrons. The predicted octanol–water partition coefficient (Wildman–Crippen LogP) is 0.652. The molecule has 0 bridgehead atoms. The van der Waals surface area contributed by atoms with Gasteiger partial charge in [-0.2, -0.15) is 18.6 Å². The van der Waals surface area contributed by atoms with Crippen LogP contribution >= 0.6 is 0 Å². The number of sulfone groups is 1. The molecule has 0 aliphatic rings. The predicted molar refractivity (Wildman–Crippen MR) is 108 cm³/mol. The highest BCUT2D eigenvalue weighted by molar-refractivity contribution is 7.90. The van der Waals surface area contributed by atoms with Crippen LogP contribution < -0.4 is 15.8 Å². The number of benzene rings is 1. The molecular formula is C18H17F2N7O5S. The minimum absolute atomic E-state index is 0.0673. The molecule has 0 radical (unpaired) electrons. The fourth-order valence-electron chi connectivity index (χ4n) is 2.75. The number of aromatic nitrogens is 5. The monoisotopic (exact) mass is 481 g/mol. The molecule has 0 saturated heterocycles. The molecule has 3 rings (SSSR count). The van der Waals surface area contributed by atoms with Gasteiger partial charge in [0.25, 0.3) is 11.8 Å². The number of carbonyl (C=O) groups excluding carboxylic acids is 2. The van der Waals surface area contributed by atoms with E-state index in [1.165, 1.54) is 17.1 Å². The fraction of sp³-hybridized carbons (Fsp3) is 0.222. The van der Waals surface area contributed by atoms with Crippen LogP contribution in [-0.4, -0.2) is 57.8 Å². The van der Waals surface area contributed by atoms with Crippen molar-refractivity contribution in [3.05, 3.63) is 54.0 Å². The Hall–Kier alpha value is -4.01. The molecule has 0 fully saturated rings. The van der Waals surface area contributed by atoms with E-state index in [1.54, 1.807) is 6.92 Å². The van der Waals surface area contributed by atoms with E-state index in [2.05, 4.69) is 30.1 Å². The largest absolute Gasteiger partial charge is 0.435 e. The SMILES string of the molecule is C[C@H](NC(=O)c1cc(OC(F)F)cc(S(C)(=O)=O)c1)c1ncnn1-c1cc(C(N)=O)ncn1. The lowest BCUT2D eigenvalue weighted by Crippen LogP contribution is -2.29. The maximum atomic E-state index is 12.8. The summed E-state index contributed by atoms with van der Waals surface area (Å²) in [4.78, 5) is 35.6. The molecule has 0 spiro atoms. The quantitative estimate of drug-likeness (QED) is 0.468. The number of nitrogens with two attached hydrogens (primary N) is 1. The first-order valence-corrected chi connectivity index (χ1v) is 11.0. The van der Waals surface area contributed by atoms with Gasteiger partial charge in [0.15, 0.2) is 21.5 Å². The number of ether oxygens (including phenoxy) is 1. The van der Waals surface area contributed by atoms with E-state index in [1.807, 2.05) is 0 Å². The van der Waals surface area contributed by atoms with Crippen LogP contribution in [0.25, 0.3) is 5.82 Å². The van der Waals surface area contributed by atoms with Crippen molar-refractivity contribution in [1.29, 1.82) is 0 Å². The lowest BCUT2D eigenvalue weighted by molar-refractivity contribution is -0.0500. The summed E-state index contributed by atoms with van der Waals surface area (Å²) in [5.74, 6) is -1.72. The molecule has 3 N–H and O–H groups in total. The van der Waals surface area contributed by atoms with Crippen molar-refractivity contribution < 1.29 is 31.5 Å². The third kappa shape index (κ3) is 5.62. The molecule has 2 heterocycles. The average Bonchev–Trinajstić information content (AvgIpc) is 3.22. The standard InChI is InChI=1S/C18H17F2N7O5S/c1-9(16-24-8-25-27(16)14-6-13(15(21)28)22-7-23-14)26-17(29)10-3-11(32-18(19)20)5-12(4-10)33(2,30)31/h3-9,18H,1-2H3,(H2,21,28)(H,26,29)/t9-/m0/s1. The van der Waals surface area contributed by atoms with Gasteiger partial charge >= 0.3 is 6.61 Å². The molecule has 15 heteroatoms. The molecule has 0 unspecified atom stereocenters. The van der Waals surface area contributed by atoms with Crippen LogP contribution in [0.3, 0.4) is 0 Å². The van der Waals surface area contributed by atoms with E-state index in [0.29, 0.717) is 0 Å². The molecule has 2 amide bonds. The third-order valence-electron chi connectivity index (χ3n) is 4.23. The van der Waals surface area contributed by atoms with Crippen LogP contribution in [0, 0.1) is 0 Å². The number of rotatable bonds is 8. The zero-order valence-electron chi connectivity index (χ0n) is 17.1. The normalized spacial score (nSPS) is 12.4. The number of hydrogen-bond donors (Lipinski definition) is 2. The lowest BCUT2D eigenvalue weighted by atomic mass is 10.2. The van der Waals surface area contributed by atoms with Crippen molar-refractivity contribution in [1.82, 2.24) is 30.0 Å². The van der Waals surface area contributed by atoms with Crippen LogP contribution in [-0.2, 0) is 9.84 Å². The molecule has 0 aliphatic carbocycles. The number of nitrogens with zero attached hydrogens (tertiary/aromatic N) is 5. The van der Waals surface area contributed by atoms with Crippen molar-refractivity contribution in [3.8, 4) is 11.6 Å². The number of carbonyl (C=O) groups is 2. The van der Waals surface area contributed by atoms with Crippen molar-refractivity contribution >= 4 is 21.7 Å². The summed E-state index contributed by atoms with van der Waals surface area (Å²) in [5, 5.41) is 6.58. The van der Waals surface area contributed by atoms with Gasteiger partial charge in [0.05, 0.1) is 10.9 Å². The Kier molecular flexibility index (Phi) is 6.62. The van der Waals surface area contributed by atoms with Gasteiger partial charge in [-0.15, -0.1) is 0 Å². The highest BCUT2D eigenvalue weighted by Crippen LogP contribution is 2.23. The second-order valence-corrected chi connectivity index (χ2v) is 8.71. The fourth-order valence-corrected chi connectivity index (χ4v) is 3.42. The Morgan fingerprint density at radius 3 is 2.48 bits per heavy atom. The van der Waals surface area contributed by atoms with E-state index < -0.39 is 40.1 Å². The first kappa shape index (κ1) is 23.6. The van der Waals surface area contributed by atoms with Crippen molar-refractivity contribution in [3.63, 3.8) is 0 Å². The second-order valence-electron chi connectivity index (χ2n) is 6.69. The number of halogens is 2. The third-order valence-corrected chi connectivity index (χ3v) is 5.32. The maximum absolute atomic E-state index is 12.8. The molecule has 0 saturated carbocycles. The Morgan fingerprint density at radius 2 is 1.85 bits per heavy atom. The van der Waals surface area contributed by atoms with Crippen LogP contribution in [0.4, 0.5) is 8.78 Å². The zero-order chi connectivity index (χ0) is 24.3. The summed E-state index contributed by atoms with van der Waals surface area (Å²) in [6.45, 7) is -1.67. The van der Waals surface area contributed by atoms with Gasteiger partial charge in [0, 0.05) is 17.9 Å². The number of amides is 2. The first-order valence-electron chi connectivity index (χ1n) is 9.08. The van der Waals surface area contributed by atoms with Gasteiger partial charge in [0.1, 0.15) is 24.1 Å². The van der Waals surface area contributed by atoms with Crippen LogP contribution in [0.15, 0.2) is 41.8 Å². The molecule has 1 atom stereocenters. The van der Waals surface area contributed by atoms with Gasteiger partial charge in [-0.25, -0.2) is 23.4 Å². The van der Waals surface area contributed by atoms with Gasteiger partial charge < -0.3 is 15.8 Å². The van der Waals surface area contributed by atoms with E-state index >= 15 is 0 Å². The highest BCUT2D eigenvalue weighted by Gasteiger charge is 2.21. The summed E-state index contributed by atoms with van der Waals surface area (Å²) in [6.07, 6.45) is 3.15. The number of nitrogens with one attached hydrogen (secondary N) is 1. The Morgan fingerprint density at radius 1 is 1.12 bits per heavy atom. The molecular weight excluding hydrogens is 464 g/mol. The van der Waals surface area contributed by atoms with Crippen LogP contribution in [0.2, 0.25) is 0 Å². The van der Waals surface area contributed by atoms with E-state index in [4.69, 9.17) is 5.73 Å². The molecule has 1 aromatic carbocycles. The van der Waals surface area contributed by atoms with E-state index in [9.17, 15) is 26.8 Å². The van der Waals surface area contributed by atoms with E-state index in [0.717, 1.165) is 30.8 Å². The number of alkyl halides is 2. The average molecular weight is 481 g/mol. The van der Waals surface area contributed by atoms with Gasteiger partial charge in [-0.1, -0.05) is 0 Å². The minimum atomic E-state index is -3.83. The topological polar surface area (TPSA) is 172 Å². The Labute approximate surface area is 185 Å². The summed E-state index contributed by atoms with van der Waals surface area (Å²) in [5.41, 5.74) is 4.92. The molecule has 33 heavy (non-hydrogen) atoms. The first-order chi connectivity index (χ1) is 15.5.